The lowest BCUT2D eigenvalue weighted by molar-refractivity contribution is -0.119. The number of halogens is 2. The summed E-state index contributed by atoms with van der Waals surface area (Å²) in [5.74, 6) is 0.284. The Morgan fingerprint density at radius 1 is 1.00 bits per heavy atom. The van der Waals surface area contributed by atoms with Gasteiger partial charge < -0.3 is 5.32 Å². The summed E-state index contributed by atoms with van der Waals surface area (Å²) in [6.45, 7) is 1.56. The second-order valence-electron chi connectivity index (χ2n) is 5.71. The molecule has 0 spiro atoms. The molecule has 0 heterocycles. The van der Waals surface area contributed by atoms with Crippen molar-refractivity contribution >= 4 is 29.1 Å². The predicted octanol–water partition coefficient (Wildman–Crippen LogP) is 5.10. The van der Waals surface area contributed by atoms with Crippen LogP contribution in [0.4, 0.5) is 0 Å². The molecule has 2 nitrogen and oxygen atoms in total. The molecule has 2 aromatic carbocycles. The molecule has 0 saturated carbocycles. The second kappa shape index (κ2) is 6.31. The Morgan fingerprint density at radius 3 is 2.36 bits per heavy atom. The number of carbonyl (C=O) groups excluding carboxylic acids is 1. The molecule has 0 unspecified atom stereocenters. The maximum absolute atomic E-state index is 11.4. The van der Waals surface area contributed by atoms with Gasteiger partial charge in [-0.2, -0.15) is 0 Å². The molecule has 0 fully saturated rings. The molecule has 2 aromatic rings. The van der Waals surface area contributed by atoms with Gasteiger partial charge in [0, 0.05) is 22.9 Å². The largest absolute Gasteiger partial charge is 0.350 e. The number of benzene rings is 2. The quantitative estimate of drug-likeness (QED) is 0.814. The average molecular weight is 334 g/mol. The van der Waals surface area contributed by atoms with Crippen molar-refractivity contribution in [1.29, 1.82) is 0 Å². The molecule has 114 valence electrons. The van der Waals surface area contributed by atoms with E-state index in [0.717, 1.165) is 28.5 Å². The lowest BCUT2D eigenvalue weighted by Gasteiger charge is -2.32. The van der Waals surface area contributed by atoms with Crippen molar-refractivity contribution < 1.29 is 4.79 Å². The number of rotatable bonds is 2. The first-order chi connectivity index (χ1) is 10.5. The second-order valence-corrected chi connectivity index (χ2v) is 6.58. The molecule has 3 rings (SSSR count). The maximum atomic E-state index is 11.4. The highest BCUT2D eigenvalue weighted by atomic mass is 35.5. The third-order valence-electron chi connectivity index (χ3n) is 4.19. The van der Waals surface area contributed by atoms with Crippen LogP contribution in [-0.4, -0.2) is 5.91 Å². The SMILES string of the molecule is CC(=O)N[C@H]1CC[C@@H](c2ccc(Cl)cc2)c2cc(Cl)ccc21. The molecular weight excluding hydrogens is 317 g/mol. The van der Waals surface area contributed by atoms with Gasteiger partial charge in [-0.15, -0.1) is 0 Å². The molecule has 0 bridgehead atoms. The van der Waals surface area contributed by atoms with Gasteiger partial charge in [0.15, 0.2) is 0 Å². The summed E-state index contributed by atoms with van der Waals surface area (Å²) in [5, 5.41) is 4.50. The van der Waals surface area contributed by atoms with E-state index in [0.29, 0.717) is 0 Å². The third kappa shape index (κ3) is 3.13. The molecule has 0 aliphatic heterocycles. The van der Waals surface area contributed by atoms with E-state index in [1.807, 2.05) is 30.3 Å². The lowest BCUT2D eigenvalue weighted by Crippen LogP contribution is -2.30. The zero-order chi connectivity index (χ0) is 15.7. The smallest absolute Gasteiger partial charge is 0.217 e. The highest BCUT2D eigenvalue weighted by molar-refractivity contribution is 6.30. The summed E-state index contributed by atoms with van der Waals surface area (Å²) in [7, 11) is 0. The predicted molar refractivity (Wildman–Crippen MR) is 90.5 cm³/mol. The van der Waals surface area contributed by atoms with Gasteiger partial charge in [0.1, 0.15) is 0 Å². The summed E-state index contributed by atoms with van der Waals surface area (Å²) in [6, 6.07) is 14.0. The van der Waals surface area contributed by atoms with Crippen molar-refractivity contribution in [2.45, 2.75) is 31.7 Å². The van der Waals surface area contributed by atoms with Gasteiger partial charge in [0.25, 0.3) is 0 Å². The highest BCUT2D eigenvalue weighted by Crippen LogP contribution is 2.42. The zero-order valence-corrected chi connectivity index (χ0v) is 13.8. The van der Waals surface area contributed by atoms with Crippen molar-refractivity contribution in [2.75, 3.05) is 0 Å². The van der Waals surface area contributed by atoms with Crippen LogP contribution < -0.4 is 5.32 Å². The zero-order valence-electron chi connectivity index (χ0n) is 12.3. The van der Waals surface area contributed by atoms with Crippen molar-refractivity contribution in [3.63, 3.8) is 0 Å². The number of hydrogen-bond acceptors (Lipinski definition) is 1. The Morgan fingerprint density at radius 2 is 1.68 bits per heavy atom. The van der Waals surface area contributed by atoms with Crippen LogP contribution in [0, 0.1) is 0 Å². The molecule has 0 saturated heterocycles. The minimum absolute atomic E-state index is 0.00385. The van der Waals surface area contributed by atoms with Gasteiger partial charge in [0.2, 0.25) is 5.91 Å². The van der Waals surface area contributed by atoms with Gasteiger partial charge in [0.05, 0.1) is 6.04 Å². The molecule has 4 heteroatoms. The Bertz CT molecular complexity index is 697. The first-order valence-electron chi connectivity index (χ1n) is 7.36. The fourth-order valence-electron chi connectivity index (χ4n) is 3.25. The van der Waals surface area contributed by atoms with E-state index >= 15 is 0 Å². The van der Waals surface area contributed by atoms with Gasteiger partial charge >= 0.3 is 0 Å². The van der Waals surface area contributed by atoms with Crippen LogP contribution in [0.25, 0.3) is 0 Å². The van der Waals surface area contributed by atoms with E-state index in [1.165, 1.54) is 11.1 Å². The lowest BCUT2D eigenvalue weighted by atomic mass is 9.77. The Hall–Kier alpha value is -1.51. The minimum atomic E-state index is -0.00385. The molecule has 0 radical (unpaired) electrons. The monoisotopic (exact) mass is 333 g/mol. The number of hydrogen-bond donors (Lipinski definition) is 1. The first-order valence-corrected chi connectivity index (χ1v) is 8.12. The summed E-state index contributed by atoms with van der Waals surface area (Å²) < 4.78 is 0. The Balaban J connectivity index is 2.02. The van der Waals surface area contributed by atoms with Crippen molar-refractivity contribution in [2.24, 2.45) is 0 Å². The maximum Gasteiger partial charge on any atom is 0.217 e. The Kier molecular flexibility index (Phi) is 4.42. The molecular formula is C18H17Cl2NO. The van der Waals surface area contributed by atoms with Crippen LogP contribution in [0.2, 0.25) is 10.0 Å². The number of nitrogens with one attached hydrogen (secondary N) is 1. The van der Waals surface area contributed by atoms with E-state index in [9.17, 15) is 4.79 Å². The fraction of sp³-hybridized carbons (Fsp3) is 0.278. The van der Waals surface area contributed by atoms with Crippen LogP contribution in [0.3, 0.4) is 0 Å². The molecule has 0 aromatic heterocycles. The van der Waals surface area contributed by atoms with Gasteiger partial charge in [-0.1, -0.05) is 41.4 Å². The summed E-state index contributed by atoms with van der Waals surface area (Å²) in [5.41, 5.74) is 3.58. The first kappa shape index (κ1) is 15.4. The van der Waals surface area contributed by atoms with Crippen LogP contribution in [0.5, 0.6) is 0 Å². The molecule has 22 heavy (non-hydrogen) atoms. The highest BCUT2D eigenvalue weighted by Gasteiger charge is 2.28. The fourth-order valence-corrected chi connectivity index (χ4v) is 3.55. The normalized spacial score (nSPS) is 20.3. The molecule has 1 aliphatic carbocycles. The van der Waals surface area contributed by atoms with Gasteiger partial charge in [-0.05, 0) is 53.8 Å². The molecule has 1 N–H and O–H groups in total. The van der Waals surface area contributed by atoms with E-state index in [1.54, 1.807) is 6.92 Å². The van der Waals surface area contributed by atoms with Crippen LogP contribution >= 0.6 is 23.2 Å². The van der Waals surface area contributed by atoms with Gasteiger partial charge in [-0.25, -0.2) is 0 Å². The van der Waals surface area contributed by atoms with Crippen LogP contribution in [-0.2, 0) is 4.79 Å². The molecule has 1 aliphatic rings. The Labute approximate surface area is 140 Å². The van der Waals surface area contributed by atoms with Crippen molar-refractivity contribution in [3.05, 3.63) is 69.2 Å². The van der Waals surface area contributed by atoms with E-state index in [2.05, 4.69) is 17.4 Å². The van der Waals surface area contributed by atoms with Crippen LogP contribution in [0.15, 0.2) is 42.5 Å². The topological polar surface area (TPSA) is 29.1 Å². The summed E-state index contributed by atoms with van der Waals surface area (Å²) >= 11 is 12.2. The van der Waals surface area contributed by atoms with Gasteiger partial charge in [-0.3, -0.25) is 4.79 Å². The minimum Gasteiger partial charge on any atom is -0.350 e. The van der Waals surface area contributed by atoms with Crippen molar-refractivity contribution in [3.8, 4) is 0 Å². The number of fused-ring (bicyclic) bond motifs is 1. The van der Waals surface area contributed by atoms with E-state index < -0.39 is 0 Å². The standard InChI is InChI=1S/C18H17Cl2NO/c1-11(22)21-18-9-8-15(12-2-4-13(19)5-3-12)17-10-14(20)6-7-16(17)18/h2-7,10,15,18H,8-9H2,1H3,(H,21,22)/t15-,18-/m0/s1. The summed E-state index contributed by atoms with van der Waals surface area (Å²) in [4.78, 5) is 11.4. The average Bonchev–Trinajstić information content (AvgIpc) is 2.48. The summed E-state index contributed by atoms with van der Waals surface area (Å²) in [6.07, 6.45) is 1.89. The van der Waals surface area contributed by atoms with E-state index in [4.69, 9.17) is 23.2 Å². The number of amides is 1. The molecule has 2 atom stereocenters. The number of carbonyl (C=O) groups is 1. The van der Waals surface area contributed by atoms with Crippen LogP contribution in [0.1, 0.15) is 48.4 Å². The van der Waals surface area contributed by atoms with E-state index in [-0.39, 0.29) is 17.9 Å². The third-order valence-corrected chi connectivity index (χ3v) is 4.68. The molecule has 1 amide bonds. The van der Waals surface area contributed by atoms with Crippen molar-refractivity contribution in [1.82, 2.24) is 5.32 Å².